The molecule has 1 aliphatic heterocycles. The Hall–Kier alpha value is -2.96. The number of methoxy groups -OCH3 is 1. The van der Waals surface area contributed by atoms with Gasteiger partial charge in [0.25, 0.3) is 0 Å². The number of aromatic nitrogens is 2. The van der Waals surface area contributed by atoms with Gasteiger partial charge in [0.05, 0.1) is 18.2 Å². The summed E-state index contributed by atoms with van der Waals surface area (Å²) in [7, 11) is 1.63. The quantitative estimate of drug-likeness (QED) is 0.738. The third-order valence-corrected chi connectivity index (χ3v) is 5.62. The first-order chi connectivity index (χ1) is 14.1. The number of carbonyl (C=O) groups is 2. The molecular weight excluding hydrogens is 368 g/mol. The Kier molecular flexibility index (Phi) is 5.47. The number of hydrogen-bond acceptors (Lipinski definition) is 5. The molecule has 152 valence electrons. The maximum atomic E-state index is 13.0. The molecule has 2 amide bonds. The molecule has 1 aliphatic carbocycles. The van der Waals surface area contributed by atoms with Crippen molar-refractivity contribution in [2.45, 2.75) is 38.1 Å². The van der Waals surface area contributed by atoms with Crippen LogP contribution in [0.1, 0.15) is 30.5 Å². The molecule has 2 heterocycles. The highest BCUT2D eigenvalue weighted by atomic mass is 16.5. The number of benzene rings is 1. The van der Waals surface area contributed by atoms with Crippen LogP contribution in [0.3, 0.4) is 0 Å². The van der Waals surface area contributed by atoms with Gasteiger partial charge in [-0.15, -0.1) is 0 Å². The van der Waals surface area contributed by atoms with E-state index in [-0.39, 0.29) is 11.8 Å². The van der Waals surface area contributed by atoms with Gasteiger partial charge in [0, 0.05) is 44.1 Å². The number of likely N-dealkylation sites (tertiary alicyclic amines) is 1. The molecule has 1 saturated heterocycles. The van der Waals surface area contributed by atoms with Gasteiger partial charge in [0.2, 0.25) is 11.8 Å². The lowest BCUT2D eigenvalue weighted by Gasteiger charge is -2.49. The molecule has 0 atom stereocenters. The van der Waals surface area contributed by atoms with Crippen molar-refractivity contribution in [3.05, 3.63) is 54.1 Å². The van der Waals surface area contributed by atoms with Crippen LogP contribution in [0.5, 0.6) is 5.75 Å². The average molecular weight is 394 g/mol. The summed E-state index contributed by atoms with van der Waals surface area (Å²) in [5.74, 6) is 0.883. The number of rotatable bonds is 8. The Morgan fingerprint density at radius 3 is 2.79 bits per heavy atom. The van der Waals surface area contributed by atoms with Crippen LogP contribution in [-0.4, -0.2) is 52.9 Å². The van der Waals surface area contributed by atoms with E-state index in [0.717, 1.165) is 29.8 Å². The van der Waals surface area contributed by atoms with Gasteiger partial charge in [-0.25, -0.2) is 0 Å². The lowest BCUT2D eigenvalue weighted by atomic mass is 9.73. The smallest absolute Gasteiger partial charge is 0.230 e. The summed E-state index contributed by atoms with van der Waals surface area (Å²) < 4.78 is 5.31. The summed E-state index contributed by atoms with van der Waals surface area (Å²) in [4.78, 5) is 35.7. The molecule has 1 aromatic carbocycles. The minimum absolute atomic E-state index is 0.0520. The Morgan fingerprint density at radius 2 is 2.10 bits per heavy atom. The van der Waals surface area contributed by atoms with Crippen molar-refractivity contribution in [2.24, 2.45) is 5.41 Å². The second-order valence-electron chi connectivity index (χ2n) is 8.00. The van der Waals surface area contributed by atoms with E-state index in [9.17, 15) is 9.59 Å². The fraction of sp³-hybridized carbons (Fsp3) is 0.455. The van der Waals surface area contributed by atoms with Gasteiger partial charge in [-0.05, 0) is 43.4 Å². The molecule has 7 nitrogen and oxygen atoms in total. The molecule has 0 spiro atoms. The molecular formula is C22H26N4O3. The fourth-order valence-electron chi connectivity index (χ4n) is 3.79. The topological polar surface area (TPSA) is 84.4 Å². The average Bonchev–Trinajstić information content (AvgIpc) is 3.53. The number of amides is 2. The van der Waals surface area contributed by atoms with Gasteiger partial charge in [0.15, 0.2) is 0 Å². The van der Waals surface area contributed by atoms with Crippen LogP contribution in [-0.2, 0) is 22.4 Å². The summed E-state index contributed by atoms with van der Waals surface area (Å²) in [6.07, 6.45) is 8.54. The second-order valence-corrected chi connectivity index (χ2v) is 8.00. The zero-order valence-electron chi connectivity index (χ0n) is 16.6. The van der Waals surface area contributed by atoms with Crippen LogP contribution in [0.2, 0.25) is 0 Å². The van der Waals surface area contributed by atoms with Gasteiger partial charge in [-0.1, -0.05) is 12.1 Å². The van der Waals surface area contributed by atoms with Gasteiger partial charge in [0.1, 0.15) is 5.75 Å². The first kappa shape index (κ1) is 19.4. The molecule has 0 unspecified atom stereocenters. The van der Waals surface area contributed by atoms with Crippen molar-refractivity contribution in [2.75, 3.05) is 20.2 Å². The summed E-state index contributed by atoms with van der Waals surface area (Å²) in [5, 5.41) is 3.14. The zero-order valence-corrected chi connectivity index (χ0v) is 16.6. The van der Waals surface area contributed by atoms with Gasteiger partial charge < -0.3 is 15.0 Å². The number of ether oxygens (including phenoxy) is 1. The molecule has 0 bridgehead atoms. The van der Waals surface area contributed by atoms with Crippen molar-refractivity contribution in [1.29, 1.82) is 0 Å². The van der Waals surface area contributed by atoms with E-state index in [2.05, 4.69) is 15.3 Å². The Morgan fingerprint density at radius 1 is 1.28 bits per heavy atom. The molecule has 2 aromatic rings. The summed E-state index contributed by atoms with van der Waals surface area (Å²) >= 11 is 0. The predicted octanol–water partition coefficient (Wildman–Crippen LogP) is 1.77. The standard InChI is InChI=1S/C22H26N4O3/c1-29-19-4-2-3-16(11-19)12-22(21(28)25-17-5-6-17)14-26(15-22)20(27)8-7-18-13-23-9-10-24-18/h2-4,9-11,13,17H,5-8,12,14-15H2,1H3,(H,25,28). The van der Waals surface area contributed by atoms with Crippen LogP contribution in [0.4, 0.5) is 0 Å². The van der Waals surface area contributed by atoms with Crippen molar-refractivity contribution in [1.82, 2.24) is 20.2 Å². The first-order valence-electron chi connectivity index (χ1n) is 10.0. The number of carbonyl (C=O) groups excluding carboxylic acids is 2. The van der Waals surface area contributed by atoms with Gasteiger partial charge >= 0.3 is 0 Å². The van der Waals surface area contributed by atoms with Crippen molar-refractivity contribution in [3.63, 3.8) is 0 Å². The van der Waals surface area contributed by atoms with Crippen molar-refractivity contribution in [3.8, 4) is 5.75 Å². The summed E-state index contributed by atoms with van der Waals surface area (Å²) in [6, 6.07) is 8.09. The van der Waals surface area contributed by atoms with Crippen LogP contribution < -0.4 is 10.1 Å². The molecule has 1 aromatic heterocycles. The van der Waals surface area contributed by atoms with Crippen LogP contribution >= 0.6 is 0 Å². The maximum absolute atomic E-state index is 13.0. The highest BCUT2D eigenvalue weighted by molar-refractivity contribution is 5.88. The van der Waals surface area contributed by atoms with E-state index in [4.69, 9.17) is 4.74 Å². The highest BCUT2D eigenvalue weighted by Gasteiger charge is 2.51. The largest absolute Gasteiger partial charge is 0.497 e. The predicted molar refractivity (Wildman–Crippen MR) is 107 cm³/mol. The van der Waals surface area contributed by atoms with E-state index in [1.54, 1.807) is 30.6 Å². The number of nitrogens with zero attached hydrogens (tertiary/aromatic N) is 3. The third kappa shape index (κ3) is 4.55. The van der Waals surface area contributed by atoms with Gasteiger partial charge in [-0.2, -0.15) is 0 Å². The third-order valence-electron chi connectivity index (χ3n) is 5.62. The number of aryl methyl sites for hydroxylation is 1. The monoisotopic (exact) mass is 394 g/mol. The fourth-order valence-corrected chi connectivity index (χ4v) is 3.79. The Labute approximate surface area is 170 Å². The number of hydrogen-bond donors (Lipinski definition) is 1. The van der Waals surface area contributed by atoms with E-state index >= 15 is 0 Å². The maximum Gasteiger partial charge on any atom is 0.230 e. The Balaban J connectivity index is 1.41. The van der Waals surface area contributed by atoms with Crippen LogP contribution in [0.25, 0.3) is 0 Å². The van der Waals surface area contributed by atoms with Crippen molar-refractivity contribution >= 4 is 11.8 Å². The first-order valence-corrected chi connectivity index (χ1v) is 10.0. The number of nitrogens with one attached hydrogen (secondary N) is 1. The molecule has 2 aliphatic rings. The van der Waals surface area contributed by atoms with Crippen LogP contribution in [0, 0.1) is 5.41 Å². The normalized spacial score (nSPS) is 17.3. The molecule has 1 N–H and O–H groups in total. The minimum Gasteiger partial charge on any atom is -0.497 e. The molecule has 29 heavy (non-hydrogen) atoms. The minimum atomic E-state index is -0.572. The molecule has 0 radical (unpaired) electrons. The summed E-state index contributed by atoms with van der Waals surface area (Å²) in [5.41, 5.74) is 1.27. The van der Waals surface area contributed by atoms with Crippen molar-refractivity contribution < 1.29 is 14.3 Å². The zero-order chi connectivity index (χ0) is 20.3. The Bertz CT molecular complexity index is 877. The second kappa shape index (κ2) is 8.19. The van der Waals surface area contributed by atoms with E-state index in [1.165, 1.54) is 0 Å². The van der Waals surface area contributed by atoms with E-state index < -0.39 is 5.41 Å². The SMILES string of the molecule is COc1cccc(CC2(C(=O)NC3CC3)CN(C(=O)CCc3cnccn3)C2)c1. The lowest BCUT2D eigenvalue weighted by Crippen LogP contribution is -2.65. The molecule has 1 saturated carbocycles. The molecule has 7 heteroatoms. The summed E-state index contributed by atoms with van der Waals surface area (Å²) in [6.45, 7) is 0.893. The highest BCUT2D eigenvalue weighted by Crippen LogP contribution is 2.37. The molecule has 4 rings (SSSR count). The van der Waals surface area contributed by atoms with Gasteiger partial charge in [-0.3, -0.25) is 19.6 Å². The van der Waals surface area contributed by atoms with E-state index in [0.29, 0.717) is 38.4 Å². The molecule has 2 fully saturated rings. The van der Waals surface area contributed by atoms with E-state index in [1.807, 2.05) is 24.3 Å². The lowest BCUT2D eigenvalue weighted by molar-refractivity contribution is -0.153. The van der Waals surface area contributed by atoms with Crippen LogP contribution in [0.15, 0.2) is 42.9 Å².